The topological polar surface area (TPSA) is 74.3 Å². The van der Waals surface area contributed by atoms with Crippen molar-refractivity contribution in [2.24, 2.45) is 0 Å². The molecule has 11 heteroatoms. The molecule has 0 unspecified atom stereocenters. The largest absolute Gasteiger partial charge is 0.416 e. The standard InChI is InChI=1S/C18H19F4N5O2/c19-15-5-13(18(20,21)22)2-1-12(15)10-29-14-8-27(9-14)17(28)26-4-3-11(7-26)16-6-23-25-24-16/h1-2,5-6,11,14H,3-4,7-10H2,(H,23,24,25)/t11-/m1/s1. The second-order valence-corrected chi connectivity index (χ2v) is 7.27. The number of nitrogens with zero attached hydrogens (tertiary/aromatic N) is 4. The van der Waals surface area contributed by atoms with Crippen LogP contribution in [0.4, 0.5) is 22.4 Å². The average molecular weight is 413 g/mol. The summed E-state index contributed by atoms with van der Waals surface area (Å²) in [6.07, 6.45) is -2.36. The van der Waals surface area contributed by atoms with Gasteiger partial charge < -0.3 is 14.5 Å². The van der Waals surface area contributed by atoms with Crippen LogP contribution >= 0.6 is 0 Å². The Morgan fingerprint density at radius 3 is 2.69 bits per heavy atom. The van der Waals surface area contributed by atoms with Crippen LogP contribution in [0.1, 0.15) is 29.2 Å². The first-order valence-electron chi connectivity index (χ1n) is 9.18. The van der Waals surface area contributed by atoms with Crippen LogP contribution in [-0.2, 0) is 17.5 Å². The van der Waals surface area contributed by atoms with E-state index in [0.717, 1.165) is 24.2 Å². The van der Waals surface area contributed by atoms with Gasteiger partial charge in [0, 0.05) is 24.6 Å². The lowest BCUT2D eigenvalue weighted by Gasteiger charge is -2.40. The van der Waals surface area contributed by atoms with Crippen molar-refractivity contribution in [2.45, 2.75) is 31.2 Å². The van der Waals surface area contributed by atoms with Crippen LogP contribution in [-0.4, -0.2) is 63.5 Å². The van der Waals surface area contributed by atoms with Gasteiger partial charge in [0.2, 0.25) is 0 Å². The van der Waals surface area contributed by atoms with E-state index in [1.807, 2.05) is 0 Å². The second-order valence-electron chi connectivity index (χ2n) is 7.27. The lowest BCUT2D eigenvalue weighted by Crippen LogP contribution is -2.58. The Kier molecular flexibility index (Phi) is 5.15. The van der Waals surface area contributed by atoms with Crippen molar-refractivity contribution in [1.29, 1.82) is 0 Å². The minimum Gasteiger partial charge on any atom is -0.370 e. The highest BCUT2D eigenvalue weighted by Gasteiger charge is 2.37. The maximum atomic E-state index is 13.9. The van der Waals surface area contributed by atoms with Gasteiger partial charge in [-0.15, -0.1) is 5.10 Å². The molecule has 2 amide bonds. The highest BCUT2D eigenvalue weighted by Crippen LogP contribution is 2.31. The van der Waals surface area contributed by atoms with Crippen LogP contribution < -0.4 is 0 Å². The molecule has 1 aromatic carbocycles. The van der Waals surface area contributed by atoms with E-state index in [4.69, 9.17) is 4.74 Å². The van der Waals surface area contributed by atoms with E-state index < -0.39 is 17.6 Å². The number of hydrogen-bond donors (Lipinski definition) is 1. The average Bonchev–Trinajstić information content (AvgIpc) is 3.31. The van der Waals surface area contributed by atoms with E-state index in [1.54, 1.807) is 16.0 Å². The van der Waals surface area contributed by atoms with E-state index in [1.165, 1.54) is 0 Å². The zero-order valence-electron chi connectivity index (χ0n) is 15.3. The molecule has 1 atom stereocenters. The number of hydrogen-bond acceptors (Lipinski definition) is 4. The number of aromatic amines is 1. The quantitative estimate of drug-likeness (QED) is 0.783. The van der Waals surface area contributed by atoms with E-state index in [-0.39, 0.29) is 30.2 Å². The fraction of sp³-hybridized carbons (Fsp3) is 0.500. The van der Waals surface area contributed by atoms with E-state index >= 15 is 0 Å². The lowest BCUT2D eigenvalue weighted by molar-refractivity contribution is -0.137. The number of benzene rings is 1. The third kappa shape index (κ3) is 4.19. The van der Waals surface area contributed by atoms with Crippen LogP contribution in [0, 0.1) is 5.82 Å². The van der Waals surface area contributed by atoms with Crippen molar-refractivity contribution in [3.63, 3.8) is 0 Å². The molecular weight excluding hydrogens is 394 g/mol. The minimum atomic E-state index is -4.59. The van der Waals surface area contributed by atoms with Gasteiger partial charge in [-0.25, -0.2) is 9.18 Å². The minimum absolute atomic E-state index is 0.0540. The van der Waals surface area contributed by atoms with Crippen molar-refractivity contribution >= 4 is 6.03 Å². The SMILES string of the molecule is O=C(N1CC(OCc2ccc(C(F)(F)F)cc2F)C1)N1CC[C@@H](c2cnn[nH]2)C1. The Morgan fingerprint density at radius 2 is 2.03 bits per heavy atom. The molecule has 156 valence electrons. The molecule has 3 heterocycles. The highest BCUT2D eigenvalue weighted by molar-refractivity contribution is 5.75. The number of rotatable bonds is 4. The number of urea groups is 1. The van der Waals surface area contributed by atoms with E-state index in [0.29, 0.717) is 32.2 Å². The number of carbonyl (C=O) groups excluding carboxylic acids is 1. The number of carbonyl (C=O) groups is 1. The number of aromatic nitrogens is 3. The van der Waals surface area contributed by atoms with E-state index in [9.17, 15) is 22.4 Å². The molecule has 0 aliphatic carbocycles. The highest BCUT2D eigenvalue weighted by atomic mass is 19.4. The van der Waals surface area contributed by atoms with Gasteiger partial charge in [-0.3, -0.25) is 5.10 Å². The zero-order chi connectivity index (χ0) is 20.6. The van der Waals surface area contributed by atoms with Gasteiger partial charge in [0.1, 0.15) is 5.82 Å². The number of nitrogens with one attached hydrogen (secondary N) is 1. The summed E-state index contributed by atoms with van der Waals surface area (Å²) in [5.41, 5.74) is -0.0731. The van der Waals surface area contributed by atoms with Crippen LogP contribution in [0.2, 0.25) is 0 Å². The number of H-pyrrole nitrogens is 1. The van der Waals surface area contributed by atoms with Crippen molar-refractivity contribution in [3.8, 4) is 0 Å². The second kappa shape index (κ2) is 7.62. The van der Waals surface area contributed by atoms with Gasteiger partial charge in [0.25, 0.3) is 0 Å². The van der Waals surface area contributed by atoms with Crippen LogP contribution in [0.3, 0.4) is 0 Å². The Labute approximate surface area is 163 Å². The number of likely N-dealkylation sites (tertiary alicyclic amines) is 2. The fourth-order valence-corrected chi connectivity index (χ4v) is 3.54. The van der Waals surface area contributed by atoms with Crippen molar-refractivity contribution < 1.29 is 27.1 Å². The van der Waals surface area contributed by atoms with Gasteiger partial charge in [-0.05, 0) is 18.6 Å². The predicted octanol–water partition coefficient (Wildman–Crippen LogP) is 2.77. The smallest absolute Gasteiger partial charge is 0.370 e. The molecular formula is C18H19F4N5O2. The molecule has 0 radical (unpaired) electrons. The molecule has 7 nitrogen and oxygen atoms in total. The third-order valence-corrected chi connectivity index (χ3v) is 5.31. The maximum Gasteiger partial charge on any atom is 0.416 e. The molecule has 2 aliphatic heterocycles. The summed E-state index contributed by atoms with van der Waals surface area (Å²) in [7, 11) is 0. The summed E-state index contributed by atoms with van der Waals surface area (Å²) in [5.74, 6) is -0.770. The van der Waals surface area contributed by atoms with Crippen molar-refractivity contribution in [3.05, 3.63) is 47.0 Å². The van der Waals surface area contributed by atoms with Crippen LogP contribution in [0.15, 0.2) is 24.4 Å². The number of halogens is 4. The molecule has 2 aliphatic rings. The van der Waals surface area contributed by atoms with Gasteiger partial charge in [0.15, 0.2) is 0 Å². The van der Waals surface area contributed by atoms with Gasteiger partial charge in [-0.2, -0.15) is 13.2 Å². The van der Waals surface area contributed by atoms with Crippen molar-refractivity contribution in [2.75, 3.05) is 26.2 Å². The third-order valence-electron chi connectivity index (χ3n) is 5.31. The lowest BCUT2D eigenvalue weighted by atomic mass is 10.1. The summed E-state index contributed by atoms with van der Waals surface area (Å²) >= 11 is 0. The number of amides is 2. The van der Waals surface area contributed by atoms with Crippen LogP contribution in [0.25, 0.3) is 0 Å². The number of alkyl halides is 3. The first-order chi connectivity index (χ1) is 13.8. The summed E-state index contributed by atoms with van der Waals surface area (Å²) in [6, 6.07) is 2.29. The number of ether oxygens (including phenoxy) is 1. The Bertz CT molecular complexity index is 868. The summed E-state index contributed by atoms with van der Waals surface area (Å²) in [5, 5.41) is 10.3. The molecule has 2 saturated heterocycles. The summed E-state index contributed by atoms with van der Waals surface area (Å²) in [6.45, 7) is 1.82. The van der Waals surface area contributed by atoms with E-state index in [2.05, 4.69) is 15.4 Å². The predicted molar refractivity (Wildman–Crippen MR) is 92.3 cm³/mol. The Hall–Kier alpha value is -2.69. The molecule has 2 fully saturated rings. The summed E-state index contributed by atoms with van der Waals surface area (Å²) < 4.78 is 57.1. The molecule has 4 rings (SSSR count). The normalized spacial score (nSPS) is 20.2. The summed E-state index contributed by atoms with van der Waals surface area (Å²) in [4.78, 5) is 15.9. The maximum absolute atomic E-state index is 13.9. The Morgan fingerprint density at radius 1 is 1.24 bits per heavy atom. The molecule has 0 spiro atoms. The molecule has 29 heavy (non-hydrogen) atoms. The van der Waals surface area contributed by atoms with Crippen LogP contribution in [0.5, 0.6) is 0 Å². The first-order valence-corrected chi connectivity index (χ1v) is 9.18. The molecule has 0 bridgehead atoms. The van der Waals surface area contributed by atoms with Gasteiger partial charge in [0.05, 0.1) is 43.3 Å². The van der Waals surface area contributed by atoms with Gasteiger partial charge in [-0.1, -0.05) is 11.3 Å². The fourth-order valence-electron chi connectivity index (χ4n) is 3.54. The Balaban J connectivity index is 1.23. The van der Waals surface area contributed by atoms with Crippen molar-refractivity contribution in [1.82, 2.24) is 25.2 Å². The molecule has 2 aromatic rings. The molecule has 0 saturated carbocycles. The monoisotopic (exact) mass is 413 g/mol. The zero-order valence-corrected chi connectivity index (χ0v) is 15.3. The van der Waals surface area contributed by atoms with Gasteiger partial charge >= 0.3 is 12.2 Å². The molecule has 1 aromatic heterocycles. The first kappa shape index (κ1) is 19.6. The molecule has 1 N–H and O–H groups in total.